The fourth-order valence-electron chi connectivity index (χ4n) is 8.31. The van der Waals surface area contributed by atoms with Gasteiger partial charge in [0.05, 0.1) is 0 Å². The van der Waals surface area contributed by atoms with Crippen LogP contribution in [0.1, 0.15) is 284 Å². The molecule has 0 N–H and O–H groups in total. The van der Waals surface area contributed by atoms with E-state index in [1.165, 1.54) is 148 Å². The van der Waals surface area contributed by atoms with Gasteiger partial charge in [-0.25, -0.2) is 0 Å². The summed E-state index contributed by atoms with van der Waals surface area (Å²) in [6, 6.07) is 0. The van der Waals surface area contributed by atoms with Crippen LogP contribution in [0.5, 0.6) is 0 Å². The van der Waals surface area contributed by atoms with Gasteiger partial charge in [0.15, 0.2) is 6.10 Å². The van der Waals surface area contributed by atoms with E-state index in [0.717, 1.165) is 89.9 Å². The zero-order valence-corrected chi connectivity index (χ0v) is 47.2. The maximum atomic E-state index is 12.8. The summed E-state index contributed by atoms with van der Waals surface area (Å²) in [4.78, 5) is 37.9. The van der Waals surface area contributed by atoms with Crippen LogP contribution in [0, 0.1) is 0 Å². The van der Waals surface area contributed by atoms with Crippen molar-refractivity contribution in [1.82, 2.24) is 0 Å². The van der Waals surface area contributed by atoms with Gasteiger partial charge in [0.1, 0.15) is 13.2 Å². The summed E-state index contributed by atoms with van der Waals surface area (Å²) in [6.45, 7) is 6.41. The highest BCUT2D eigenvalue weighted by molar-refractivity contribution is 5.71. The van der Waals surface area contributed by atoms with Gasteiger partial charge >= 0.3 is 17.9 Å². The van der Waals surface area contributed by atoms with Crippen LogP contribution >= 0.6 is 0 Å². The Balaban J connectivity index is 4.08. The second-order valence-corrected chi connectivity index (χ2v) is 19.9. The van der Waals surface area contributed by atoms with Crippen molar-refractivity contribution in [2.24, 2.45) is 0 Å². The van der Waals surface area contributed by atoms with Gasteiger partial charge in [0, 0.05) is 19.3 Å². The number of rotatable bonds is 54. The average molecular weight is 1000 g/mol. The van der Waals surface area contributed by atoms with Gasteiger partial charge in [-0.15, -0.1) is 0 Å². The minimum Gasteiger partial charge on any atom is -0.462 e. The molecule has 0 amide bonds. The molecule has 0 radical (unpaired) electrons. The van der Waals surface area contributed by atoms with Crippen LogP contribution in [0.4, 0.5) is 0 Å². The quantitative estimate of drug-likeness (QED) is 0.0261. The van der Waals surface area contributed by atoms with E-state index >= 15 is 0 Å². The molecule has 0 aliphatic carbocycles. The van der Waals surface area contributed by atoms with Crippen molar-refractivity contribution in [3.63, 3.8) is 0 Å². The summed E-state index contributed by atoms with van der Waals surface area (Å²) in [6.07, 6.45) is 80.3. The molecule has 0 aromatic carbocycles. The van der Waals surface area contributed by atoms with Crippen molar-refractivity contribution >= 4 is 17.9 Å². The van der Waals surface area contributed by atoms with Gasteiger partial charge in [-0.3, -0.25) is 14.4 Å². The van der Waals surface area contributed by atoms with E-state index in [1.54, 1.807) is 0 Å². The zero-order valence-electron chi connectivity index (χ0n) is 47.2. The van der Waals surface area contributed by atoms with E-state index in [0.29, 0.717) is 19.3 Å². The molecule has 0 bridgehead atoms. The Hall–Kier alpha value is -3.67. The Morgan fingerprint density at radius 1 is 0.292 bits per heavy atom. The number of hydrogen-bond donors (Lipinski definition) is 0. The monoisotopic (exact) mass is 1000 g/mol. The normalized spacial score (nSPS) is 12.8. The lowest BCUT2D eigenvalue weighted by atomic mass is 10.0. The molecule has 6 heteroatoms. The molecule has 0 spiro atoms. The van der Waals surface area contributed by atoms with Crippen molar-refractivity contribution in [3.05, 3.63) is 97.2 Å². The number of ether oxygens (including phenoxy) is 3. The van der Waals surface area contributed by atoms with E-state index in [4.69, 9.17) is 14.2 Å². The molecule has 0 aliphatic heterocycles. The number of allylic oxidation sites excluding steroid dienone is 16. The molecule has 6 nitrogen and oxygen atoms in total. The van der Waals surface area contributed by atoms with E-state index < -0.39 is 6.10 Å². The number of unbranched alkanes of at least 4 members (excludes halogenated alkanes) is 27. The molecular formula is C66H112O6. The SMILES string of the molecule is CC/C=C\C/C=C\C/C=C\C/C=C\C/C=C\CCCC(=O)OC(COC(=O)CCCCCCCC)COC(=O)CCCCCCCCCCCCCCCCCC/C=C\C/C=C\C/C=C\CCCCCCC. The second kappa shape index (κ2) is 59.9. The molecule has 1 unspecified atom stereocenters. The summed E-state index contributed by atoms with van der Waals surface area (Å²) in [5.41, 5.74) is 0. The summed E-state index contributed by atoms with van der Waals surface area (Å²) in [7, 11) is 0. The molecule has 0 aliphatic rings. The van der Waals surface area contributed by atoms with E-state index in [1.807, 2.05) is 0 Å². The molecule has 0 fully saturated rings. The highest BCUT2D eigenvalue weighted by atomic mass is 16.6. The van der Waals surface area contributed by atoms with Crippen LogP contribution in [0.2, 0.25) is 0 Å². The van der Waals surface area contributed by atoms with Crippen molar-refractivity contribution in [3.8, 4) is 0 Å². The van der Waals surface area contributed by atoms with Crippen molar-refractivity contribution in [1.29, 1.82) is 0 Å². The van der Waals surface area contributed by atoms with E-state index in [-0.39, 0.29) is 37.5 Å². The molecule has 0 saturated carbocycles. The van der Waals surface area contributed by atoms with Gasteiger partial charge in [0.25, 0.3) is 0 Å². The molecule has 0 heterocycles. The lowest BCUT2D eigenvalue weighted by molar-refractivity contribution is -0.167. The largest absolute Gasteiger partial charge is 0.462 e. The fraction of sp³-hybridized carbons (Fsp3) is 0.712. The van der Waals surface area contributed by atoms with Gasteiger partial charge in [-0.2, -0.15) is 0 Å². The Labute approximate surface area is 445 Å². The molecule has 0 rings (SSSR count). The number of carbonyl (C=O) groups is 3. The first kappa shape index (κ1) is 68.3. The zero-order chi connectivity index (χ0) is 52.2. The third-order valence-electron chi connectivity index (χ3n) is 12.8. The standard InChI is InChI=1S/C66H112O6/c1-4-7-10-13-16-18-20-22-24-26-27-28-29-30-31-32-33-34-35-36-37-38-39-41-42-44-46-48-50-53-56-59-65(68)71-62-63(61-70-64(67)58-55-52-15-12-9-6-3)72-66(69)60-57-54-51-49-47-45-43-40-25-23-21-19-17-14-11-8-5-2/h8,11,17,19-20,22-23,25-27,29-30,43,45,49,51,63H,4-7,9-10,12-16,18,21,24,28,31-42,44,46-48,50,52-62H2,1-3H3/b11-8-,19-17-,22-20-,25-23-,27-26-,30-29-,45-43-,51-49-. The highest BCUT2D eigenvalue weighted by Gasteiger charge is 2.19. The van der Waals surface area contributed by atoms with Crippen LogP contribution < -0.4 is 0 Å². The van der Waals surface area contributed by atoms with E-state index in [9.17, 15) is 14.4 Å². The minimum atomic E-state index is -0.803. The number of esters is 3. The molecule has 412 valence electrons. The van der Waals surface area contributed by atoms with E-state index in [2.05, 4.69) is 118 Å². The minimum absolute atomic E-state index is 0.0987. The molecule has 0 aromatic rings. The van der Waals surface area contributed by atoms with Crippen LogP contribution in [0.25, 0.3) is 0 Å². The Morgan fingerprint density at radius 2 is 0.556 bits per heavy atom. The van der Waals surface area contributed by atoms with Crippen LogP contribution in [-0.2, 0) is 28.6 Å². The summed E-state index contributed by atoms with van der Waals surface area (Å²) in [5.74, 6) is -0.964. The molecule has 0 saturated heterocycles. The van der Waals surface area contributed by atoms with Crippen LogP contribution in [0.15, 0.2) is 97.2 Å². The lowest BCUT2D eigenvalue weighted by Crippen LogP contribution is -2.30. The third-order valence-corrected chi connectivity index (χ3v) is 12.8. The van der Waals surface area contributed by atoms with Crippen LogP contribution in [-0.4, -0.2) is 37.2 Å². The van der Waals surface area contributed by atoms with Crippen LogP contribution in [0.3, 0.4) is 0 Å². The molecule has 1 atom stereocenters. The molecule has 72 heavy (non-hydrogen) atoms. The summed E-state index contributed by atoms with van der Waals surface area (Å²) < 4.78 is 16.7. The van der Waals surface area contributed by atoms with Gasteiger partial charge in [-0.1, -0.05) is 266 Å². The molecule has 0 aromatic heterocycles. The maximum Gasteiger partial charge on any atom is 0.306 e. The van der Waals surface area contributed by atoms with Crippen molar-refractivity contribution in [2.45, 2.75) is 290 Å². The predicted molar refractivity (Wildman–Crippen MR) is 311 cm³/mol. The van der Waals surface area contributed by atoms with Gasteiger partial charge in [-0.05, 0) is 96.3 Å². The Kier molecular flexibility index (Phi) is 56.8. The summed E-state index contributed by atoms with van der Waals surface area (Å²) >= 11 is 0. The Bertz CT molecular complexity index is 1430. The van der Waals surface area contributed by atoms with Gasteiger partial charge in [0.2, 0.25) is 0 Å². The van der Waals surface area contributed by atoms with Gasteiger partial charge < -0.3 is 14.2 Å². The fourth-order valence-corrected chi connectivity index (χ4v) is 8.31. The number of carbonyl (C=O) groups excluding carboxylic acids is 3. The van der Waals surface area contributed by atoms with Crippen molar-refractivity contribution in [2.75, 3.05) is 13.2 Å². The Morgan fingerprint density at radius 3 is 0.889 bits per heavy atom. The second-order valence-electron chi connectivity index (χ2n) is 19.9. The maximum absolute atomic E-state index is 12.8. The van der Waals surface area contributed by atoms with Crippen molar-refractivity contribution < 1.29 is 28.6 Å². The number of hydrogen-bond acceptors (Lipinski definition) is 6. The first-order valence-electron chi connectivity index (χ1n) is 30.2. The first-order valence-corrected chi connectivity index (χ1v) is 30.2. The smallest absolute Gasteiger partial charge is 0.306 e. The highest BCUT2D eigenvalue weighted by Crippen LogP contribution is 2.16. The predicted octanol–water partition coefficient (Wildman–Crippen LogP) is 20.5. The third kappa shape index (κ3) is 57.2. The molecular weight excluding hydrogens is 889 g/mol. The lowest BCUT2D eigenvalue weighted by Gasteiger charge is -2.18. The average Bonchev–Trinajstić information content (AvgIpc) is 3.38. The summed E-state index contributed by atoms with van der Waals surface area (Å²) in [5, 5.41) is 0. The topological polar surface area (TPSA) is 78.9 Å². The first-order chi connectivity index (χ1) is 35.5.